The number of carbonyl (C=O) groups excluding carboxylic acids is 1. The minimum absolute atomic E-state index is 0.279. The van der Waals surface area contributed by atoms with Gasteiger partial charge in [-0.25, -0.2) is 4.98 Å². The number of aryl methyl sites for hydroxylation is 2. The lowest BCUT2D eigenvalue weighted by Gasteiger charge is -2.03. The highest BCUT2D eigenvalue weighted by Crippen LogP contribution is 2.26. The molecule has 2 aromatic carbocycles. The fourth-order valence-electron chi connectivity index (χ4n) is 2.81. The first-order valence-corrected chi connectivity index (χ1v) is 8.02. The normalized spacial score (nSPS) is 11.0. The fourth-order valence-corrected chi connectivity index (χ4v) is 2.81. The molecule has 1 amide bonds. The average molecular weight is 331 g/mol. The van der Waals surface area contributed by atoms with Crippen LogP contribution in [0.4, 0.5) is 5.69 Å². The Morgan fingerprint density at radius 3 is 2.80 bits per heavy atom. The summed E-state index contributed by atoms with van der Waals surface area (Å²) in [5, 5.41) is 2.83. The van der Waals surface area contributed by atoms with Gasteiger partial charge in [-0.3, -0.25) is 4.79 Å². The van der Waals surface area contributed by atoms with E-state index < -0.39 is 0 Å². The number of furan rings is 1. The number of H-pyrrole nitrogens is 1. The molecule has 2 aromatic heterocycles. The number of nitrogens with one attached hydrogen (secondary N) is 2. The van der Waals surface area contributed by atoms with Gasteiger partial charge in [0.05, 0.1) is 17.3 Å². The Morgan fingerprint density at radius 1 is 1.12 bits per heavy atom. The third-order valence-electron chi connectivity index (χ3n) is 4.13. The van der Waals surface area contributed by atoms with Crippen molar-refractivity contribution < 1.29 is 9.21 Å². The Morgan fingerprint density at radius 2 is 2.00 bits per heavy atom. The number of fused-ring (bicyclic) bond motifs is 1. The van der Waals surface area contributed by atoms with Crippen LogP contribution < -0.4 is 5.32 Å². The quantitative estimate of drug-likeness (QED) is 0.572. The zero-order chi connectivity index (χ0) is 17.4. The largest absolute Gasteiger partial charge is 0.459 e. The molecule has 4 rings (SSSR count). The number of hydrogen-bond acceptors (Lipinski definition) is 3. The molecule has 0 spiro atoms. The van der Waals surface area contributed by atoms with E-state index >= 15 is 0 Å². The Kier molecular flexibility index (Phi) is 3.61. The number of hydrogen-bond donors (Lipinski definition) is 2. The third kappa shape index (κ3) is 2.92. The highest BCUT2D eigenvalue weighted by atomic mass is 16.3. The van der Waals surface area contributed by atoms with E-state index in [9.17, 15) is 4.79 Å². The van der Waals surface area contributed by atoms with Gasteiger partial charge in [0, 0.05) is 11.3 Å². The molecular weight excluding hydrogens is 314 g/mol. The SMILES string of the molecule is Cc1ccc(C)c(-c2nc3ccc(NC(=O)c4ccco4)cc3[nH]2)c1. The first-order chi connectivity index (χ1) is 12.1. The number of aromatic amines is 1. The van der Waals surface area contributed by atoms with Gasteiger partial charge < -0.3 is 14.7 Å². The molecule has 0 radical (unpaired) electrons. The van der Waals surface area contributed by atoms with Crippen LogP contribution in [0.3, 0.4) is 0 Å². The van der Waals surface area contributed by atoms with Crippen LogP contribution in [0.5, 0.6) is 0 Å². The predicted molar refractivity (Wildman–Crippen MR) is 97.7 cm³/mol. The van der Waals surface area contributed by atoms with Gasteiger partial charge in [-0.1, -0.05) is 17.7 Å². The fraction of sp³-hybridized carbons (Fsp3) is 0.100. The van der Waals surface area contributed by atoms with E-state index in [-0.39, 0.29) is 11.7 Å². The molecule has 25 heavy (non-hydrogen) atoms. The second-order valence-electron chi connectivity index (χ2n) is 6.07. The number of anilines is 1. The third-order valence-corrected chi connectivity index (χ3v) is 4.13. The molecular formula is C20H17N3O2. The van der Waals surface area contributed by atoms with Crippen molar-refractivity contribution >= 4 is 22.6 Å². The van der Waals surface area contributed by atoms with Gasteiger partial charge in [0.1, 0.15) is 5.82 Å². The van der Waals surface area contributed by atoms with E-state index in [0.29, 0.717) is 5.69 Å². The summed E-state index contributed by atoms with van der Waals surface area (Å²) in [5.41, 5.74) is 5.84. The molecule has 5 nitrogen and oxygen atoms in total. The molecule has 0 aliphatic rings. The van der Waals surface area contributed by atoms with Crippen LogP contribution in [-0.4, -0.2) is 15.9 Å². The van der Waals surface area contributed by atoms with Crippen molar-refractivity contribution in [3.63, 3.8) is 0 Å². The van der Waals surface area contributed by atoms with Crippen molar-refractivity contribution in [2.75, 3.05) is 5.32 Å². The molecule has 0 unspecified atom stereocenters. The molecule has 5 heteroatoms. The highest BCUT2D eigenvalue weighted by molar-refractivity contribution is 6.03. The molecule has 0 saturated carbocycles. The van der Waals surface area contributed by atoms with E-state index in [1.165, 1.54) is 11.8 Å². The second-order valence-corrected chi connectivity index (χ2v) is 6.07. The predicted octanol–water partition coefficient (Wildman–Crippen LogP) is 4.69. The lowest BCUT2D eigenvalue weighted by Crippen LogP contribution is -2.10. The monoisotopic (exact) mass is 331 g/mol. The summed E-state index contributed by atoms with van der Waals surface area (Å²) in [7, 11) is 0. The van der Waals surface area contributed by atoms with E-state index in [1.807, 2.05) is 18.2 Å². The summed E-state index contributed by atoms with van der Waals surface area (Å²) in [6.45, 7) is 4.13. The highest BCUT2D eigenvalue weighted by Gasteiger charge is 2.11. The molecule has 0 bridgehead atoms. The molecule has 2 N–H and O–H groups in total. The lowest BCUT2D eigenvalue weighted by atomic mass is 10.1. The average Bonchev–Trinajstić information content (AvgIpc) is 3.26. The number of benzene rings is 2. The molecule has 124 valence electrons. The number of rotatable bonds is 3. The topological polar surface area (TPSA) is 70.9 Å². The lowest BCUT2D eigenvalue weighted by molar-refractivity contribution is 0.0996. The van der Waals surface area contributed by atoms with Crippen LogP contribution in [0.1, 0.15) is 21.7 Å². The molecule has 0 saturated heterocycles. The van der Waals surface area contributed by atoms with E-state index in [1.54, 1.807) is 12.1 Å². The van der Waals surface area contributed by atoms with Crippen LogP contribution in [0.15, 0.2) is 59.2 Å². The summed E-state index contributed by atoms with van der Waals surface area (Å²) < 4.78 is 5.11. The van der Waals surface area contributed by atoms with Crippen molar-refractivity contribution in [3.05, 3.63) is 71.7 Å². The van der Waals surface area contributed by atoms with Crippen LogP contribution >= 0.6 is 0 Å². The maximum atomic E-state index is 12.1. The van der Waals surface area contributed by atoms with Gasteiger partial charge in [-0.15, -0.1) is 0 Å². The first kappa shape index (κ1) is 15.2. The number of amides is 1. The van der Waals surface area contributed by atoms with Gasteiger partial charge in [0.2, 0.25) is 0 Å². The minimum Gasteiger partial charge on any atom is -0.459 e. The first-order valence-electron chi connectivity index (χ1n) is 8.02. The number of imidazole rings is 1. The van der Waals surface area contributed by atoms with Crippen molar-refractivity contribution in [3.8, 4) is 11.4 Å². The molecule has 4 aromatic rings. The molecule has 2 heterocycles. The number of nitrogens with zero attached hydrogens (tertiary/aromatic N) is 1. The van der Waals surface area contributed by atoms with Crippen molar-refractivity contribution in [2.24, 2.45) is 0 Å². The van der Waals surface area contributed by atoms with Crippen LogP contribution in [0.2, 0.25) is 0 Å². The zero-order valence-electron chi connectivity index (χ0n) is 14.0. The smallest absolute Gasteiger partial charge is 0.291 e. The van der Waals surface area contributed by atoms with Gasteiger partial charge in [-0.05, 0) is 55.8 Å². The maximum Gasteiger partial charge on any atom is 0.291 e. The standard InChI is InChI=1S/C20H17N3O2/c1-12-5-6-13(2)15(10-12)19-22-16-8-7-14(11-17(16)23-19)21-20(24)18-4-3-9-25-18/h3-11H,1-2H3,(H,21,24)(H,22,23). The Bertz CT molecular complexity index is 1060. The van der Waals surface area contributed by atoms with E-state index in [0.717, 1.165) is 28.0 Å². The molecule has 0 aliphatic heterocycles. The van der Waals surface area contributed by atoms with Crippen LogP contribution in [-0.2, 0) is 0 Å². The van der Waals surface area contributed by atoms with E-state index in [2.05, 4.69) is 47.3 Å². The Balaban J connectivity index is 1.68. The summed E-state index contributed by atoms with van der Waals surface area (Å²) in [6.07, 6.45) is 1.48. The number of carbonyl (C=O) groups is 1. The van der Waals surface area contributed by atoms with Crippen molar-refractivity contribution in [2.45, 2.75) is 13.8 Å². The second kappa shape index (κ2) is 5.94. The summed E-state index contributed by atoms with van der Waals surface area (Å²) in [4.78, 5) is 20.1. The van der Waals surface area contributed by atoms with Gasteiger partial charge in [0.15, 0.2) is 5.76 Å². The summed E-state index contributed by atoms with van der Waals surface area (Å²) in [5.74, 6) is 0.824. The van der Waals surface area contributed by atoms with Crippen molar-refractivity contribution in [1.82, 2.24) is 9.97 Å². The number of aromatic nitrogens is 2. The van der Waals surface area contributed by atoms with Crippen LogP contribution in [0.25, 0.3) is 22.4 Å². The van der Waals surface area contributed by atoms with E-state index in [4.69, 9.17) is 4.42 Å². The molecule has 0 atom stereocenters. The maximum absolute atomic E-state index is 12.1. The summed E-state index contributed by atoms with van der Waals surface area (Å²) >= 11 is 0. The summed E-state index contributed by atoms with van der Waals surface area (Å²) in [6, 6.07) is 15.2. The zero-order valence-corrected chi connectivity index (χ0v) is 14.0. The van der Waals surface area contributed by atoms with Gasteiger partial charge >= 0.3 is 0 Å². The van der Waals surface area contributed by atoms with Gasteiger partial charge in [-0.2, -0.15) is 0 Å². The minimum atomic E-state index is -0.279. The Labute approximate surface area is 144 Å². The van der Waals surface area contributed by atoms with Gasteiger partial charge in [0.25, 0.3) is 5.91 Å². The molecule has 0 fully saturated rings. The van der Waals surface area contributed by atoms with Crippen LogP contribution in [0, 0.1) is 13.8 Å². The Hall–Kier alpha value is -3.34. The molecule has 0 aliphatic carbocycles. The van der Waals surface area contributed by atoms with Crippen molar-refractivity contribution in [1.29, 1.82) is 0 Å².